The number of methoxy groups -OCH3 is 1. The first-order valence-electron chi connectivity index (χ1n) is 10.3. The van der Waals surface area contributed by atoms with Crippen LogP contribution in [-0.2, 0) is 9.59 Å². The molecule has 1 aliphatic heterocycles. The standard InChI is InChI=1S/C26H25NO4S/c1-14-8-6-7-9-19(14)27-22(25-15(2)10-11-32-25)21(24(29)26(27)30)23(28)18-12-17(4)20(31-5)13-16(18)3/h6-13,22,28H,1-5H3/b23-21+. The number of nitrogens with zero attached hydrogens (tertiary/aromatic N) is 1. The summed E-state index contributed by atoms with van der Waals surface area (Å²) in [6.45, 7) is 7.58. The minimum atomic E-state index is -0.696. The third-order valence-corrected chi connectivity index (χ3v) is 7.04. The maximum atomic E-state index is 13.3. The molecule has 3 aromatic rings. The highest BCUT2D eigenvalue weighted by Crippen LogP contribution is 2.46. The molecule has 0 bridgehead atoms. The molecule has 4 rings (SSSR count). The molecule has 2 heterocycles. The molecule has 1 aromatic heterocycles. The Labute approximate surface area is 191 Å². The first-order valence-corrected chi connectivity index (χ1v) is 11.2. The fourth-order valence-corrected chi connectivity index (χ4v) is 5.26. The lowest BCUT2D eigenvalue weighted by molar-refractivity contribution is -0.132. The normalized spacial score (nSPS) is 17.8. The van der Waals surface area contributed by atoms with Crippen LogP contribution in [0.25, 0.3) is 5.76 Å². The SMILES string of the molecule is COc1cc(C)c(/C(O)=C2\C(=O)C(=O)N(c3ccccc3C)C2c2sccc2C)cc1C. The van der Waals surface area contributed by atoms with E-state index in [2.05, 4.69) is 0 Å². The van der Waals surface area contributed by atoms with Crippen molar-refractivity contribution in [2.24, 2.45) is 0 Å². The second-order valence-electron chi connectivity index (χ2n) is 8.06. The molecule has 1 aliphatic rings. The van der Waals surface area contributed by atoms with Crippen LogP contribution < -0.4 is 9.64 Å². The van der Waals surface area contributed by atoms with Gasteiger partial charge in [-0.25, -0.2) is 0 Å². The molecule has 164 valence electrons. The number of thiophene rings is 1. The number of hydrogen-bond donors (Lipinski definition) is 1. The predicted molar refractivity (Wildman–Crippen MR) is 127 cm³/mol. The number of aliphatic hydroxyl groups is 1. The van der Waals surface area contributed by atoms with Gasteiger partial charge in [0, 0.05) is 16.1 Å². The van der Waals surface area contributed by atoms with Crippen molar-refractivity contribution in [1.82, 2.24) is 0 Å². The van der Waals surface area contributed by atoms with Crippen molar-refractivity contribution in [3.05, 3.63) is 86.1 Å². The number of aryl methyl sites for hydroxylation is 4. The van der Waals surface area contributed by atoms with Gasteiger partial charge in [-0.2, -0.15) is 0 Å². The Bertz CT molecular complexity index is 1270. The molecule has 5 nitrogen and oxygen atoms in total. The smallest absolute Gasteiger partial charge is 0.300 e. The Kier molecular flexibility index (Phi) is 5.65. The quantitative estimate of drug-likeness (QED) is 0.320. The van der Waals surface area contributed by atoms with Gasteiger partial charge in [0.2, 0.25) is 0 Å². The Morgan fingerprint density at radius 1 is 0.969 bits per heavy atom. The number of para-hydroxylation sites is 1. The van der Waals surface area contributed by atoms with Gasteiger partial charge in [-0.05, 0) is 79.6 Å². The average molecular weight is 448 g/mol. The van der Waals surface area contributed by atoms with Crippen molar-refractivity contribution < 1.29 is 19.4 Å². The molecule has 32 heavy (non-hydrogen) atoms. The lowest BCUT2D eigenvalue weighted by Gasteiger charge is -2.26. The molecule has 0 aliphatic carbocycles. The summed E-state index contributed by atoms with van der Waals surface area (Å²) in [4.78, 5) is 29.0. The summed E-state index contributed by atoms with van der Waals surface area (Å²) in [5.74, 6) is -0.788. The number of Topliss-reactive ketones (excluding diaryl/α,β-unsaturated/α-hetero) is 1. The third kappa shape index (κ3) is 3.41. The highest BCUT2D eigenvalue weighted by atomic mass is 32.1. The number of carbonyl (C=O) groups is 2. The van der Waals surface area contributed by atoms with Crippen molar-refractivity contribution in [3.8, 4) is 5.75 Å². The number of amides is 1. The molecule has 0 radical (unpaired) electrons. The van der Waals surface area contributed by atoms with Crippen molar-refractivity contribution in [2.45, 2.75) is 33.7 Å². The van der Waals surface area contributed by atoms with E-state index in [4.69, 9.17) is 4.74 Å². The van der Waals surface area contributed by atoms with Crippen LogP contribution in [0, 0.1) is 27.7 Å². The van der Waals surface area contributed by atoms with Crippen LogP contribution in [0.2, 0.25) is 0 Å². The van der Waals surface area contributed by atoms with Gasteiger partial charge in [-0.3, -0.25) is 14.5 Å². The number of benzene rings is 2. The van der Waals surface area contributed by atoms with Crippen LogP contribution in [0.5, 0.6) is 5.75 Å². The van der Waals surface area contributed by atoms with Gasteiger partial charge in [-0.15, -0.1) is 11.3 Å². The molecule has 1 fully saturated rings. The van der Waals surface area contributed by atoms with E-state index in [1.54, 1.807) is 13.2 Å². The molecular weight excluding hydrogens is 422 g/mol. The largest absolute Gasteiger partial charge is 0.507 e. The number of aliphatic hydroxyl groups excluding tert-OH is 1. The first-order chi connectivity index (χ1) is 15.3. The molecular formula is C26H25NO4S. The average Bonchev–Trinajstić information content (AvgIpc) is 3.30. The maximum Gasteiger partial charge on any atom is 0.300 e. The van der Waals surface area contributed by atoms with Crippen molar-refractivity contribution in [3.63, 3.8) is 0 Å². The second-order valence-corrected chi connectivity index (χ2v) is 9.01. The number of ether oxygens (including phenoxy) is 1. The van der Waals surface area contributed by atoms with Crippen LogP contribution >= 0.6 is 11.3 Å². The fraction of sp³-hybridized carbons (Fsp3) is 0.231. The number of rotatable bonds is 4. The van der Waals surface area contributed by atoms with Crippen LogP contribution in [0.3, 0.4) is 0 Å². The zero-order valence-corrected chi connectivity index (χ0v) is 19.5. The Morgan fingerprint density at radius 3 is 2.31 bits per heavy atom. The fourth-order valence-electron chi connectivity index (χ4n) is 4.24. The third-order valence-electron chi connectivity index (χ3n) is 5.97. The summed E-state index contributed by atoms with van der Waals surface area (Å²) in [5, 5.41) is 13.4. The van der Waals surface area contributed by atoms with E-state index in [0.29, 0.717) is 17.0 Å². The van der Waals surface area contributed by atoms with Gasteiger partial charge in [0.15, 0.2) is 0 Å². The Hall–Kier alpha value is -3.38. The van der Waals surface area contributed by atoms with Crippen LogP contribution in [0.4, 0.5) is 5.69 Å². The number of anilines is 1. The minimum absolute atomic E-state index is 0.108. The van der Waals surface area contributed by atoms with Gasteiger partial charge < -0.3 is 9.84 Å². The second kappa shape index (κ2) is 8.28. The molecule has 2 aromatic carbocycles. The van der Waals surface area contributed by atoms with E-state index in [0.717, 1.165) is 27.1 Å². The van der Waals surface area contributed by atoms with Crippen LogP contribution in [-0.4, -0.2) is 23.9 Å². The zero-order chi connectivity index (χ0) is 23.2. The van der Waals surface area contributed by atoms with Crippen molar-refractivity contribution in [1.29, 1.82) is 0 Å². The lowest BCUT2D eigenvalue weighted by atomic mass is 9.95. The van der Waals surface area contributed by atoms with Crippen molar-refractivity contribution >= 4 is 34.5 Å². The van der Waals surface area contributed by atoms with E-state index < -0.39 is 17.7 Å². The molecule has 0 spiro atoms. The summed E-state index contributed by atoms with van der Waals surface area (Å²) in [6.07, 6.45) is 0. The number of ketones is 1. The lowest BCUT2D eigenvalue weighted by Crippen LogP contribution is -2.30. The monoisotopic (exact) mass is 447 g/mol. The molecule has 0 saturated carbocycles. The highest BCUT2D eigenvalue weighted by Gasteiger charge is 2.48. The molecule has 1 amide bonds. The summed E-state index contributed by atoms with van der Waals surface area (Å²) in [6, 6.07) is 12.4. The van der Waals surface area contributed by atoms with Gasteiger partial charge in [-0.1, -0.05) is 18.2 Å². The van der Waals surface area contributed by atoms with E-state index in [-0.39, 0.29) is 11.3 Å². The van der Waals surface area contributed by atoms with E-state index >= 15 is 0 Å². The van der Waals surface area contributed by atoms with Gasteiger partial charge in [0.1, 0.15) is 17.6 Å². The molecule has 1 saturated heterocycles. The molecule has 6 heteroatoms. The Balaban J connectivity index is 2.00. The van der Waals surface area contributed by atoms with E-state index in [1.807, 2.05) is 69.5 Å². The predicted octanol–water partition coefficient (Wildman–Crippen LogP) is 5.62. The Morgan fingerprint density at radius 2 is 1.69 bits per heavy atom. The van der Waals surface area contributed by atoms with E-state index in [9.17, 15) is 14.7 Å². The summed E-state index contributed by atoms with van der Waals surface area (Å²) < 4.78 is 5.38. The topological polar surface area (TPSA) is 66.8 Å². The van der Waals surface area contributed by atoms with Crippen LogP contribution in [0.15, 0.2) is 53.4 Å². The van der Waals surface area contributed by atoms with Gasteiger partial charge >= 0.3 is 0 Å². The zero-order valence-electron chi connectivity index (χ0n) is 18.7. The van der Waals surface area contributed by atoms with Crippen LogP contribution in [0.1, 0.15) is 38.7 Å². The first kappa shape index (κ1) is 21.8. The number of carbonyl (C=O) groups excluding carboxylic acids is 2. The molecule has 1 atom stereocenters. The molecule has 1 unspecified atom stereocenters. The minimum Gasteiger partial charge on any atom is -0.507 e. The maximum absolute atomic E-state index is 13.3. The number of hydrogen-bond acceptors (Lipinski definition) is 5. The van der Waals surface area contributed by atoms with Gasteiger partial charge in [0.05, 0.1) is 12.7 Å². The highest BCUT2D eigenvalue weighted by molar-refractivity contribution is 7.10. The summed E-state index contributed by atoms with van der Waals surface area (Å²) in [5.41, 5.74) is 4.72. The molecule has 1 N–H and O–H groups in total. The van der Waals surface area contributed by atoms with Crippen molar-refractivity contribution in [2.75, 3.05) is 12.0 Å². The van der Waals surface area contributed by atoms with Gasteiger partial charge in [0.25, 0.3) is 11.7 Å². The van der Waals surface area contributed by atoms with E-state index in [1.165, 1.54) is 16.2 Å². The summed E-state index contributed by atoms with van der Waals surface area (Å²) in [7, 11) is 1.59. The summed E-state index contributed by atoms with van der Waals surface area (Å²) >= 11 is 1.47.